The van der Waals surface area contributed by atoms with E-state index in [-0.39, 0.29) is 37.7 Å². The fourth-order valence-corrected chi connectivity index (χ4v) is 6.06. The van der Waals surface area contributed by atoms with Crippen molar-refractivity contribution in [3.63, 3.8) is 0 Å². The summed E-state index contributed by atoms with van der Waals surface area (Å²) >= 11 is 9.60. The van der Waals surface area contributed by atoms with Crippen molar-refractivity contribution in [2.24, 2.45) is 0 Å². The number of halogens is 2. The molecule has 7 nitrogen and oxygen atoms in total. The van der Waals surface area contributed by atoms with Gasteiger partial charge in [-0.3, -0.25) is 13.9 Å². The molecule has 0 spiro atoms. The summed E-state index contributed by atoms with van der Waals surface area (Å²) in [6, 6.07) is 23.1. The Morgan fingerprint density at radius 1 is 0.951 bits per heavy atom. The summed E-state index contributed by atoms with van der Waals surface area (Å²) in [4.78, 5) is 29.2. The molecule has 0 aliphatic rings. The van der Waals surface area contributed by atoms with Gasteiger partial charge >= 0.3 is 0 Å². The predicted molar refractivity (Wildman–Crippen MR) is 169 cm³/mol. The van der Waals surface area contributed by atoms with Gasteiger partial charge in [0.1, 0.15) is 6.04 Å². The lowest BCUT2D eigenvalue weighted by atomic mass is 10.00. The zero-order chi connectivity index (χ0) is 30.2. The highest BCUT2D eigenvalue weighted by molar-refractivity contribution is 9.10. The average molecular weight is 663 g/mol. The molecular formula is C31H37BrClN3O4S. The van der Waals surface area contributed by atoms with E-state index in [4.69, 9.17) is 11.6 Å². The lowest BCUT2D eigenvalue weighted by Gasteiger charge is -2.34. The summed E-state index contributed by atoms with van der Waals surface area (Å²) in [6.45, 7) is 6.02. The van der Waals surface area contributed by atoms with Crippen LogP contribution in [0.5, 0.6) is 0 Å². The van der Waals surface area contributed by atoms with Crippen molar-refractivity contribution in [3.8, 4) is 0 Å². The zero-order valence-electron chi connectivity index (χ0n) is 23.8. The van der Waals surface area contributed by atoms with E-state index in [9.17, 15) is 18.0 Å². The Labute approximate surface area is 257 Å². The smallest absolute Gasteiger partial charge is 0.243 e. The molecule has 0 heterocycles. The molecule has 0 fully saturated rings. The van der Waals surface area contributed by atoms with E-state index in [2.05, 4.69) is 21.2 Å². The van der Waals surface area contributed by atoms with E-state index in [0.717, 1.165) is 21.9 Å². The molecule has 41 heavy (non-hydrogen) atoms. The number of rotatable bonds is 12. The predicted octanol–water partition coefficient (Wildman–Crippen LogP) is 6.20. The maximum atomic E-state index is 13.9. The fraction of sp³-hybridized carbons (Fsp3) is 0.355. The van der Waals surface area contributed by atoms with Crippen molar-refractivity contribution in [1.82, 2.24) is 10.2 Å². The van der Waals surface area contributed by atoms with Gasteiger partial charge in [-0.15, -0.1) is 0 Å². The standard InChI is InChI=1S/C31H37BrClN3O4S/c1-31(2,3)34-30(38)28(20-23-11-6-5-7-12-23)35(22-24-13-8-14-25(32)19-24)29(37)17-10-18-36(41(4,39)40)27-16-9-15-26(33)21-27/h5-9,11-16,19,21,28H,10,17-18,20,22H2,1-4H3,(H,34,38). The molecule has 0 radical (unpaired) electrons. The van der Waals surface area contributed by atoms with Crippen LogP contribution in [0.2, 0.25) is 5.02 Å². The van der Waals surface area contributed by atoms with Gasteiger partial charge in [0.15, 0.2) is 0 Å². The number of nitrogens with zero attached hydrogens (tertiary/aromatic N) is 2. The Morgan fingerprint density at radius 3 is 2.22 bits per heavy atom. The lowest BCUT2D eigenvalue weighted by molar-refractivity contribution is -0.142. The monoisotopic (exact) mass is 661 g/mol. The molecule has 3 aromatic carbocycles. The third kappa shape index (κ3) is 10.5. The van der Waals surface area contributed by atoms with Crippen LogP contribution in [0.15, 0.2) is 83.3 Å². The second kappa shape index (κ2) is 14.3. The number of sulfonamides is 1. The highest BCUT2D eigenvalue weighted by atomic mass is 79.9. The summed E-state index contributed by atoms with van der Waals surface area (Å²) in [5.74, 6) is -0.490. The number of nitrogens with one attached hydrogen (secondary N) is 1. The van der Waals surface area contributed by atoms with Crippen molar-refractivity contribution in [2.75, 3.05) is 17.1 Å². The molecule has 3 rings (SSSR count). The van der Waals surface area contributed by atoms with Crippen LogP contribution in [0.1, 0.15) is 44.7 Å². The van der Waals surface area contributed by atoms with Crippen LogP contribution < -0.4 is 9.62 Å². The average Bonchev–Trinajstić information content (AvgIpc) is 2.87. The molecule has 0 aromatic heterocycles. The molecule has 3 aromatic rings. The largest absolute Gasteiger partial charge is 0.350 e. The van der Waals surface area contributed by atoms with Crippen LogP contribution in [0.3, 0.4) is 0 Å². The summed E-state index contributed by atoms with van der Waals surface area (Å²) in [5.41, 5.74) is 1.73. The quantitative estimate of drug-likeness (QED) is 0.250. The number of anilines is 1. The molecule has 2 amide bonds. The van der Waals surface area contributed by atoms with E-state index >= 15 is 0 Å². The summed E-state index contributed by atoms with van der Waals surface area (Å²) in [6.07, 6.45) is 1.77. The fourth-order valence-electron chi connectivity index (χ4n) is 4.47. The van der Waals surface area contributed by atoms with E-state index < -0.39 is 21.6 Å². The Morgan fingerprint density at radius 2 is 1.61 bits per heavy atom. The molecule has 0 aliphatic heterocycles. The molecular weight excluding hydrogens is 626 g/mol. The van der Waals surface area contributed by atoms with Gasteiger partial charge in [0.05, 0.1) is 11.9 Å². The maximum absolute atomic E-state index is 13.9. The second-order valence-corrected chi connectivity index (χ2v) is 14.3. The number of carbonyl (C=O) groups excluding carboxylic acids is 2. The van der Waals surface area contributed by atoms with Gasteiger partial charge in [0.25, 0.3) is 0 Å². The number of hydrogen-bond acceptors (Lipinski definition) is 4. The minimum absolute atomic E-state index is 0.0503. The van der Waals surface area contributed by atoms with Crippen LogP contribution >= 0.6 is 27.5 Å². The van der Waals surface area contributed by atoms with Crippen LogP contribution in [0, 0.1) is 0 Å². The molecule has 1 N–H and O–H groups in total. The van der Waals surface area contributed by atoms with Crippen LogP contribution in [-0.2, 0) is 32.6 Å². The zero-order valence-corrected chi connectivity index (χ0v) is 27.0. The van der Waals surface area contributed by atoms with Crippen molar-refractivity contribution >= 4 is 55.1 Å². The van der Waals surface area contributed by atoms with Crippen LogP contribution in [0.4, 0.5) is 5.69 Å². The minimum atomic E-state index is -3.62. The van der Waals surface area contributed by atoms with Crippen LogP contribution in [-0.4, -0.2) is 49.5 Å². The Kier molecular flexibility index (Phi) is 11.4. The van der Waals surface area contributed by atoms with E-state index in [1.54, 1.807) is 29.2 Å². The molecule has 10 heteroatoms. The van der Waals surface area contributed by atoms with Crippen molar-refractivity contribution in [3.05, 3.63) is 99.5 Å². The number of benzene rings is 3. The highest BCUT2D eigenvalue weighted by Crippen LogP contribution is 2.23. The molecule has 0 bridgehead atoms. The first-order valence-corrected chi connectivity index (χ1v) is 16.4. The molecule has 1 unspecified atom stereocenters. The summed E-state index contributed by atoms with van der Waals surface area (Å²) in [5, 5.41) is 3.47. The van der Waals surface area contributed by atoms with Gasteiger partial charge < -0.3 is 10.2 Å². The Bertz CT molecular complexity index is 1440. The second-order valence-electron chi connectivity index (χ2n) is 11.0. The molecule has 0 saturated carbocycles. The van der Waals surface area contributed by atoms with Gasteiger partial charge in [-0.25, -0.2) is 8.42 Å². The molecule has 1 atom stereocenters. The normalized spacial score (nSPS) is 12.4. The maximum Gasteiger partial charge on any atom is 0.243 e. The van der Waals surface area contributed by atoms with Gasteiger partial charge in [-0.2, -0.15) is 0 Å². The van der Waals surface area contributed by atoms with Crippen molar-refractivity contribution < 1.29 is 18.0 Å². The third-order valence-electron chi connectivity index (χ3n) is 6.26. The highest BCUT2D eigenvalue weighted by Gasteiger charge is 2.32. The first-order chi connectivity index (χ1) is 19.2. The minimum Gasteiger partial charge on any atom is -0.350 e. The van der Waals surface area contributed by atoms with E-state index in [1.807, 2.05) is 75.4 Å². The van der Waals surface area contributed by atoms with Crippen LogP contribution in [0.25, 0.3) is 0 Å². The van der Waals surface area contributed by atoms with Gasteiger partial charge in [0.2, 0.25) is 21.8 Å². The number of carbonyl (C=O) groups is 2. The van der Waals surface area contributed by atoms with Gasteiger partial charge in [-0.1, -0.05) is 76.1 Å². The lowest BCUT2D eigenvalue weighted by Crippen LogP contribution is -2.54. The first-order valence-electron chi connectivity index (χ1n) is 13.4. The van der Waals surface area contributed by atoms with Gasteiger partial charge in [0, 0.05) is 41.0 Å². The SMILES string of the molecule is CC(C)(C)NC(=O)C(Cc1ccccc1)N(Cc1cccc(Br)c1)C(=O)CCCN(c1cccc(Cl)c1)S(C)(=O)=O. The number of hydrogen-bond donors (Lipinski definition) is 1. The molecule has 220 valence electrons. The van der Waals surface area contributed by atoms with Crippen molar-refractivity contribution in [2.45, 2.75) is 58.2 Å². The third-order valence-corrected chi connectivity index (χ3v) is 8.18. The topological polar surface area (TPSA) is 86.8 Å². The Hall–Kier alpha value is -2.88. The van der Waals surface area contributed by atoms with Crippen molar-refractivity contribution in [1.29, 1.82) is 0 Å². The first kappa shape index (κ1) is 32.6. The van der Waals surface area contributed by atoms with E-state index in [0.29, 0.717) is 17.1 Å². The van der Waals surface area contributed by atoms with Gasteiger partial charge in [-0.05, 0) is 68.7 Å². The molecule has 0 saturated heterocycles. The summed E-state index contributed by atoms with van der Waals surface area (Å²) < 4.78 is 27.3. The molecule has 0 aliphatic carbocycles. The Balaban J connectivity index is 1.90. The summed E-state index contributed by atoms with van der Waals surface area (Å²) in [7, 11) is -3.62. The number of amides is 2. The van der Waals surface area contributed by atoms with E-state index in [1.165, 1.54) is 4.31 Å².